The van der Waals surface area contributed by atoms with E-state index < -0.39 is 5.97 Å². The number of urea groups is 1. The fourth-order valence-electron chi connectivity index (χ4n) is 1.65. The molecule has 2 N–H and O–H groups in total. The number of hydrogen-bond donors (Lipinski definition) is 2. The van der Waals surface area contributed by atoms with Crippen LogP contribution in [0.1, 0.15) is 19.8 Å². The van der Waals surface area contributed by atoms with Gasteiger partial charge in [0.05, 0.1) is 5.92 Å². The summed E-state index contributed by atoms with van der Waals surface area (Å²) in [5.41, 5.74) is 0. The van der Waals surface area contributed by atoms with E-state index in [1.54, 1.807) is 11.8 Å². The lowest BCUT2D eigenvalue weighted by Crippen LogP contribution is -2.48. The normalized spacial score (nSPS) is 19.2. The second-order valence-corrected chi connectivity index (χ2v) is 3.93. The minimum atomic E-state index is -0.773. The summed E-state index contributed by atoms with van der Waals surface area (Å²) >= 11 is 0. The molecule has 6 nitrogen and oxygen atoms in total. The first-order valence-electron chi connectivity index (χ1n) is 5.35. The van der Waals surface area contributed by atoms with Crippen LogP contribution in [-0.4, -0.2) is 48.4 Å². The highest BCUT2D eigenvalue weighted by Crippen LogP contribution is 2.17. The van der Waals surface area contributed by atoms with Gasteiger partial charge in [-0.25, -0.2) is 4.79 Å². The number of nitrogens with one attached hydrogen (secondary N) is 1. The number of piperidine rings is 1. The molecule has 0 aromatic heterocycles. The summed E-state index contributed by atoms with van der Waals surface area (Å²) in [7, 11) is 1.52. The van der Waals surface area contributed by atoms with E-state index in [-0.39, 0.29) is 18.2 Å². The third-order valence-electron chi connectivity index (χ3n) is 2.81. The number of carbonyl (C=O) groups is 2. The Labute approximate surface area is 94.6 Å². The van der Waals surface area contributed by atoms with Crippen LogP contribution in [0.4, 0.5) is 4.79 Å². The van der Waals surface area contributed by atoms with Gasteiger partial charge in [-0.2, -0.15) is 0 Å². The molecule has 1 atom stereocenters. The minimum Gasteiger partial charge on any atom is -0.481 e. The number of ether oxygens (including phenoxy) is 1. The highest BCUT2D eigenvalue weighted by atomic mass is 16.5. The third kappa shape index (κ3) is 3.37. The zero-order chi connectivity index (χ0) is 12.1. The number of carboxylic acids is 1. The van der Waals surface area contributed by atoms with Crippen LogP contribution in [0, 0.1) is 5.92 Å². The topological polar surface area (TPSA) is 78.9 Å². The van der Waals surface area contributed by atoms with Gasteiger partial charge in [0.25, 0.3) is 0 Å². The maximum atomic E-state index is 11.6. The Morgan fingerprint density at radius 1 is 1.44 bits per heavy atom. The summed E-state index contributed by atoms with van der Waals surface area (Å²) in [6.45, 7) is 2.71. The van der Waals surface area contributed by atoms with Gasteiger partial charge in [0.2, 0.25) is 0 Å². The molecular weight excluding hydrogens is 212 g/mol. The van der Waals surface area contributed by atoms with Crippen LogP contribution in [0.3, 0.4) is 0 Å². The molecule has 1 unspecified atom stereocenters. The second kappa shape index (κ2) is 5.69. The highest BCUT2D eigenvalue weighted by Gasteiger charge is 2.27. The van der Waals surface area contributed by atoms with Crippen molar-refractivity contribution in [1.82, 2.24) is 10.2 Å². The molecule has 2 amide bonds. The SMILES string of the molecule is COC(C)NC(=O)N1CCC(C(=O)O)CC1. The summed E-state index contributed by atoms with van der Waals surface area (Å²) in [4.78, 5) is 24.0. The molecule has 1 fully saturated rings. The van der Waals surface area contributed by atoms with Crippen molar-refractivity contribution in [2.75, 3.05) is 20.2 Å². The van der Waals surface area contributed by atoms with Crippen LogP contribution >= 0.6 is 0 Å². The Morgan fingerprint density at radius 2 is 2.00 bits per heavy atom. The van der Waals surface area contributed by atoms with Crippen molar-refractivity contribution in [1.29, 1.82) is 0 Å². The zero-order valence-corrected chi connectivity index (χ0v) is 9.60. The molecule has 0 spiro atoms. The number of hydrogen-bond acceptors (Lipinski definition) is 3. The summed E-state index contributed by atoms with van der Waals surface area (Å²) in [6, 6.07) is -0.196. The Kier molecular flexibility index (Phi) is 4.54. The first-order chi connectivity index (χ1) is 7.54. The van der Waals surface area contributed by atoms with E-state index in [1.807, 2.05) is 0 Å². The molecule has 0 radical (unpaired) electrons. The first-order valence-corrected chi connectivity index (χ1v) is 5.35. The lowest BCUT2D eigenvalue weighted by Gasteiger charge is -2.30. The molecule has 0 aliphatic carbocycles. The van der Waals surface area contributed by atoms with E-state index in [2.05, 4.69) is 5.32 Å². The number of methoxy groups -OCH3 is 1. The molecular formula is C10H18N2O4. The number of carboxylic acid groups (broad SMARTS) is 1. The third-order valence-corrected chi connectivity index (χ3v) is 2.81. The molecule has 0 saturated carbocycles. The van der Waals surface area contributed by atoms with Crippen LogP contribution in [0.5, 0.6) is 0 Å². The van der Waals surface area contributed by atoms with Crippen LogP contribution in [0.15, 0.2) is 0 Å². The molecule has 0 bridgehead atoms. The van der Waals surface area contributed by atoms with Crippen molar-refractivity contribution in [3.8, 4) is 0 Å². The van der Waals surface area contributed by atoms with E-state index in [9.17, 15) is 9.59 Å². The molecule has 1 aliphatic heterocycles. The number of amides is 2. The average Bonchev–Trinajstić information content (AvgIpc) is 2.28. The van der Waals surface area contributed by atoms with Crippen LogP contribution < -0.4 is 5.32 Å². The molecule has 0 aromatic carbocycles. The van der Waals surface area contributed by atoms with Gasteiger partial charge in [-0.1, -0.05) is 0 Å². The maximum Gasteiger partial charge on any atom is 0.319 e. The minimum absolute atomic E-state index is 0.196. The Bertz CT molecular complexity index is 262. The van der Waals surface area contributed by atoms with E-state index in [4.69, 9.17) is 9.84 Å². The fourth-order valence-corrected chi connectivity index (χ4v) is 1.65. The quantitative estimate of drug-likeness (QED) is 0.691. The van der Waals surface area contributed by atoms with Gasteiger partial charge in [0, 0.05) is 20.2 Å². The summed E-state index contributed by atoms with van der Waals surface area (Å²) in [6.07, 6.45) is 0.707. The smallest absolute Gasteiger partial charge is 0.319 e. The van der Waals surface area contributed by atoms with E-state index >= 15 is 0 Å². The monoisotopic (exact) mass is 230 g/mol. The maximum absolute atomic E-state index is 11.6. The molecule has 1 aliphatic rings. The molecule has 1 heterocycles. The van der Waals surface area contributed by atoms with Gasteiger partial charge >= 0.3 is 12.0 Å². The molecule has 1 rings (SSSR count). The van der Waals surface area contributed by atoms with Crippen LogP contribution in [-0.2, 0) is 9.53 Å². The molecule has 6 heteroatoms. The van der Waals surface area contributed by atoms with Crippen LogP contribution in [0.25, 0.3) is 0 Å². The number of aliphatic carboxylic acids is 1. The molecule has 16 heavy (non-hydrogen) atoms. The van der Waals surface area contributed by atoms with Crippen molar-refractivity contribution in [3.63, 3.8) is 0 Å². The van der Waals surface area contributed by atoms with Gasteiger partial charge in [-0.15, -0.1) is 0 Å². The standard InChI is InChI=1S/C10H18N2O4/c1-7(16-2)11-10(15)12-5-3-8(4-6-12)9(13)14/h7-8H,3-6H2,1-2H3,(H,11,15)(H,13,14). The van der Waals surface area contributed by atoms with Crippen molar-refractivity contribution < 1.29 is 19.4 Å². The lowest BCUT2D eigenvalue weighted by molar-refractivity contribution is -0.143. The molecule has 92 valence electrons. The van der Waals surface area contributed by atoms with Gasteiger partial charge in [-0.3, -0.25) is 4.79 Å². The summed E-state index contributed by atoms with van der Waals surface area (Å²) in [5, 5.41) is 11.5. The van der Waals surface area contributed by atoms with Crippen molar-refractivity contribution in [2.24, 2.45) is 5.92 Å². The van der Waals surface area contributed by atoms with E-state index in [0.717, 1.165) is 0 Å². The van der Waals surface area contributed by atoms with Gasteiger partial charge < -0.3 is 20.1 Å². The Morgan fingerprint density at radius 3 is 2.44 bits per heavy atom. The fraction of sp³-hybridized carbons (Fsp3) is 0.800. The summed E-state index contributed by atoms with van der Waals surface area (Å²) in [5.74, 6) is -1.09. The second-order valence-electron chi connectivity index (χ2n) is 3.93. The predicted molar refractivity (Wildman–Crippen MR) is 56.9 cm³/mol. The predicted octanol–water partition coefficient (Wildman–Crippen LogP) is 0.485. The number of carbonyl (C=O) groups excluding carboxylic acids is 1. The highest BCUT2D eigenvalue weighted by molar-refractivity contribution is 5.75. The number of rotatable bonds is 3. The number of likely N-dealkylation sites (tertiary alicyclic amines) is 1. The van der Waals surface area contributed by atoms with Gasteiger partial charge in [-0.05, 0) is 19.8 Å². The van der Waals surface area contributed by atoms with Gasteiger partial charge in [0.1, 0.15) is 6.23 Å². The van der Waals surface area contributed by atoms with Crippen LogP contribution in [0.2, 0.25) is 0 Å². The molecule has 0 aromatic rings. The molecule has 1 saturated heterocycles. The largest absolute Gasteiger partial charge is 0.481 e. The van der Waals surface area contributed by atoms with Crippen molar-refractivity contribution in [2.45, 2.75) is 26.0 Å². The Hall–Kier alpha value is -1.30. The van der Waals surface area contributed by atoms with E-state index in [0.29, 0.717) is 25.9 Å². The van der Waals surface area contributed by atoms with Crippen molar-refractivity contribution in [3.05, 3.63) is 0 Å². The summed E-state index contributed by atoms with van der Waals surface area (Å²) < 4.78 is 4.92. The Balaban J connectivity index is 2.36. The first kappa shape index (κ1) is 12.8. The lowest BCUT2D eigenvalue weighted by atomic mass is 9.97. The average molecular weight is 230 g/mol. The van der Waals surface area contributed by atoms with Crippen molar-refractivity contribution >= 4 is 12.0 Å². The van der Waals surface area contributed by atoms with E-state index in [1.165, 1.54) is 7.11 Å². The number of nitrogens with zero attached hydrogens (tertiary/aromatic N) is 1. The van der Waals surface area contributed by atoms with Gasteiger partial charge in [0.15, 0.2) is 0 Å². The zero-order valence-electron chi connectivity index (χ0n) is 9.60.